The predicted octanol–water partition coefficient (Wildman–Crippen LogP) is 3.24. The highest BCUT2D eigenvalue weighted by Crippen LogP contribution is 2.21. The molecule has 0 spiro atoms. The Morgan fingerprint density at radius 1 is 1.06 bits per heavy atom. The van der Waals surface area contributed by atoms with Gasteiger partial charge in [0.25, 0.3) is 0 Å². The summed E-state index contributed by atoms with van der Waals surface area (Å²) in [5.41, 5.74) is -0.202. The van der Waals surface area contributed by atoms with Crippen molar-refractivity contribution in [3.63, 3.8) is 0 Å². The molecule has 0 amide bonds. The van der Waals surface area contributed by atoms with E-state index in [1.54, 1.807) is 0 Å². The zero-order chi connectivity index (χ0) is 13.3. The van der Waals surface area contributed by atoms with Gasteiger partial charge in [-0.2, -0.15) is 0 Å². The fourth-order valence-corrected chi connectivity index (χ4v) is 1.95. The number of halogens is 1. The molecule has 0 aliphatic heterocycles. The number of rotatable bonds is 3. The summed E-state index contributed by atoms with van der Waals surface area (Å²) in [6.07, 6.45) is 0. The van der Waals surface area contributed by atoms with Crippen LogP contribution in [0.3, 0.4) is 0 Å². The van der Waals surface area contributed by atoms with Crippen LogP contribution < -0.4 is 0 Å². The predicted molar refractivity (Wildman–Crippen MR) is 72.2 cm³/mol. The standard InChI is InChI=1S/C12H22BrN3O/c1-11(2,3)16-9(7-13)14-15-10(16)8-17-12(4,5)6/h7-8H2,1-6H3. The molecular weight excluding hydrogens is 282 g/mol. The molecule has 0 aliphatic carbocycles. The van der Waals surface area contributed by atoms with Crippen LogP contribution in [0, 0.1) is 0 Å². The summed E-state index contributed by atoms with van der Waals surface area (Å²) in [7, 11) is 0. The Bertz CT molecular complexity index is 374. The number of hydrogen-bond donors (Lipinski definition) is 0. The lowest BCUT2D eigenvalue weighted by Gasteiger charge is -2.26. The molecule has 0 atom stereocenters. The summed E-state index contributed by atoms with van der Waals surface area (Å²) in [5, 5.41) is 9.10. The Morgan fingerprint density at radius 2 is 1.59 bits per heavy atom. The van der Waals surface area contributed by atoms with E-state index in [2.05, 4.69) is 51.5 Å². The van der Waals surface area contributed by atoms with Gasteiger partial charge in [0.1, 0.15) is 12.4 Å². The average molecular weight is 304 g/mol. The minimum absolute atomic E-state index is 0.0385. The molecule has 1 aromatic rings. The Labute approximate surface area is 112 Å². The summed E-state index contributed by atoms with van der Waals surface area (Å²) in [6, 6.07) is 0. The first kappa shape index (κ1) is 14.6. The molecule has 0 aromatic carbocycles. The Hall–Kier alpha value is -0.420. The number of hydrogen-bond acceptors (Lipinski definition) is 3. The molecule has 0 saturated carbocycles. The molecular formula is C12H22BrN3O. The average Bonchev–Trinajstić information content (AvgIpc) is 2.55. The van der Waals surface area contributed by atoms with Crippen molar-refractivity contribution in [3.8, 4) is 0 Å². The van der Waals surface area contributed by atoms with E-state index in [1.807, 2.05) is 20.8 Å². The van der Waals surface area contributed by atoms with Crippen molar-refractivity contribution in [2.24, 2.45) is 0 Å². The lowest BCUT2D eigenvalue weighted by molar-refractivity contribution is -0.0206. The van der Waals surface area contributed by atoms with Crippen molar-refractivity contribution < 1.29 is 4.74 Å². The summed E-state index contributed by atoms with van der Waals surface area (Å²) in [5.74, 6) is 1.81. The molecule has 5 heteroatoms. The molecule has 0 radical (unpaired) electrons. The first-order valence-corrected chi connectivity index (χ1v) is 6.91. The minimum atomic E-state index is -0.163. The van der Waals surface area contributed by atoms with E-state index in [0.717, 1.165) is 11.6 Å². The topological polar surface area (TPSA) is 39.9 Å². The van der Waals surface area contributed by atoms with Crippen molar-refractivity contribution in [1.29, 1.82) is 0 Å². The Kier molecular flexibility index (Phi) is 4.36. The van der Waals surface area contributed by atoms with Crippen LogP contribution in [0.2, 0.25) is 0 Å². The summed E-state index contributed by atoms with van der Waals surface area (Å²) < 4.78 is 7.90. The van der Waals surface area contributed by atoms with Gasteiger partial charge >= 0.3 is 0 Å². The van der Waals surface area contributed by atoms with Crippen LogP contribution >= 0.6 is 15.9 Å². The lowest BCUT2D eigenvalue weighted by atomic mass is 10.1. The maximum absolute atomic E-state index is 5.77. The number of aromatic nitrogens is 3. The molecule has 17 heavy (non-hydrogen) atoms. The summed E-state index contributed by atoms with van der Waals surface area (Å²) in [4.78, 5) is 0. The van der Waals surface area contributed by atoms with Crippen LogP contribution in [0.4, 0.5) is 0 Å². The number of nitrogens with zero attached hydrogens (tertiary/aromatic N) is 3. The largest absolute Gasteiger partial charge is 0.368 e. The minimum Gasteiger partial charge on any atom is -0.368 e. The molecule has 0 aliphatic rings. The quantitative estimate of drug-likeness (QED) is 0.805. The van der Waals surface area contributed by atoms with Crippen molar-refractivity contribution in [2.45, 2.75) is 64.6 Å². The molecule has 0 fully saturated rings. The van der Waals surface area contributed by atoms with Gasteiger partial charge in [-0.05, 0) is 41.5 Å². The summed E-state index contributed by atoms with van der Waals surface area (Å²) >= 11 is 3.44. The van der Waals surface area contributed by atoms with E-state index in [-0.39, 0.29) is 11.1 Å². The molecule has 98 valence electrons. The second kappa shape index (κ2) is 5.06. The van der Waals surface area contributed by atoms with Crippen LogP contribution in [0.5, 0.6) is 0 Å². The van der Waals surface area contributed by atoms with Crippen molar-refractivity contribution in [2.75, 3.05) is 0 Å². The molecule has 0 unspecified atom stereocenters. The second-order valence-electron chi connectivity index (χ2n) is 6.07. The van der Waals surface area contributed by atoms with Crippen LogP contribution in [0.1, 0.15) is 53.2 Å². The Balaban J connectivity index is 2.97. The highest BCUT2D eigenvalue weighted by molar-refractivity contribution is 9.08. The van der Waals surface area contributed by atoms with Gasteiger partial charge in [0.2, 0.25) is 0 Å². The van der Waals surface area contributed by atoms with Gasteiger partial charge in [-0.3, -0.25) is 0 Å². The second-order valence-corrected chi connectivity index (χ2v) is 6.63. The maximum atomic E-state index is 5.77. The number of alkyl halides is 1. The van der Waals surface area contributed by atoms with E-state index < -0.39 is 0 Å². The monoisotopic (exact) mass is 303 g/mol. The SMILES string of the molecule is CC(C)(C)OCc1nnc(CBr)n1C(C)(C)C. The van der Waals surface area contributed by atoms with E-state index in [9.17, 15) is 0 Å². The van der Waals surface area contributed by atoms with E-state index in [4.69, 9.17) is 4.74 Å². The Morgan fingerprint density at radius 3 is 2.00 bits per heavy atom. The maximum Gasteiger partial charge on any atom is 0.159 e. The van der Waals surface area contributed by atoms with Gasteiger partial charge in [0, 0.05) is 5.54 Å². The fraction of sp³-hybridized carbons (Fsp3) is 0.833. The van der Waals surface area contributed by atoms with Crippen LogP contribution in [0.15, 0.2) is 0 Å². The zero-order valence-corrected chi connectivity index (χ0v) is 13.1. The third-order valence-corrected chi connectivity index (χ3v) is 2.72. The van der Waals surface area contributed by atoms with Gasteiger partial charge in [-0.25, -0.2) is 0 Å². The molecule has 0 bridgehead atoms. The zero-order valence-electron chi connectivity index (χ0n) is 11.5. The van der Waals surface area contributed by atoms with Crippen LogP contribution in [-0.4, -0.2) is 20.4 Å². The molecule has 1 aromatic heterocycles. The van der Waals surface area contributed by atoms with Gasteiger partial charge < -0.3 is 9.30 Å². The molecule has 1 heterocycles. The van der Waals surface area contributed by atoms with E-state index >= 15 is 0 Å². The molecule has 1 rings (SSSR count). The molecule has 4 nitrogen and oxygen atoms in total. The van der Waals surface area contributed by atoms with Crippen molar-refractivity contribution in [3.05, 3.63) is 11.6 Å². The lowest BCUT2D eigenvalue weighted by Crippen LogP contribution is -2.28. The molecule has 0 N–H and O–H groups in total. The van der Waals surface area contributed by atoms with Crippen LogP contribution in [0.25, 0.3) is 0 Å². The fourth-order valence-electron chi connectivity index (χ4n) is 1.59. The third kappa shape index (κ3) is 4.07. The van der Waals surface area contributed by atoms with Gasteiger partial charge in [-0.1, -0.05) is 15.9 Å². The molecule has 0 saturated heterocycles. The first-order chi connectivity index (χ1) is 7.65. The van der Waals surface area contributed by atoms with E-state index in [1.165, 1.54) is 0 Å². The van der Waals surface area contributed by atoms with Gasteiger partial charge in [-0.15, -0.1) is 10.2 Å². The van der Waals surface area contributed by atoms with Crippen molar-refractivity contribution in [1.82, 2.24) is 14.8 Å². The third-order valence-electron chi connectivity index (χ3n) is 2.22. The highest BCUT2D eigenvalue weighted by atomic mass is 79.9. The van der Waals surface area contributed by atoms with Gasteiger partial charge in [0.15, 0.2) is 5.82 Å². The van der Waals surface area contributed by atoms with Gasteiger partial charge in [0.05, 0.1) is 10.9 Å². The summed E-state index contributed by atoms with van der Waals surface area (Å²) in [6.45, 7) is 13.0. The normalized spacial score (nSPS) is 13.1. The highest BCUT2D eigenvalue weighted by Gasteiger charge is 2.23. The van der Waals surface area contributed by atoms with Crippen molar-refractivity contribution >= 4 is 15.9 Å². The first-order valence-electron chi connectivity index (χ1n) is 5.79. The smallest absolute Gasteiger partial charge is 0.159 e. The van der Waals surface area contributed by atoms with E-state index in [0.29, 0.717) is 11.9 Å². The number of ether oxygens (including phenoxy) is 1. The van der Waals surface area contributed by atoms with Crippen LogP contribution in [-0.2, 0) is 22.2 Å².